The molecule has 0 aliphatic rings. The second-order valence-electron chi connectivity index (χ2n) is 2.08. The van der Waals surface area contributed by atoms with Crippen LogP contribution in [0.3, 0.4) is 0 Å². The van der Waals surface area contributed by atoms with E-state index in [0.29, 0.717) is 0 Å². The molecule has 0 saturated heterocycles. The number of hydrogen-bond acceptors (Lipinski definition) is 1. The number of hydrogen-bond donors (Lipinski definition) is 1. The number of benzene rings is 1. The average molecular weight is 214 g/mol. The Labute approximate surface area is 83.7 Å². The first-order chi connectivity index (χ1) is 5.29. The minimum absolute atomic E-state index is 0. The first-order valence-electron chi connectivity index (χ1n) is 3.25. The van der Waals surface area contributed by atoms with Crippen molar-refractivity contribution >= 4 is 12.0 Å². The minimum Gasteiger partial charge on any atom is -0.478 e. The van der Waals surface area contributed by atoms with E-state index in [1.54, 1.807) is 6.08 Å². The number of carboxylic acids is 1. The van der Waals surface area contributed by atoms with E-state index in [2.05, 4.69) is 0 Å². The monoisotopic (exact) mass is 212 g/mol. The summed E-state index contributed by atoms with van der Waals surface area (Å²) in [6, 6.07) is 9.31. The summed E-state index contributed by atoms with van der Waals surface area (Å²) in [5, 5.41) is 8.29. The Morgan fingerprint density at radius 2 is 1.83 bits per heavy atom. The molecular weight excluding hydrogens is 205 g/mol. The molecule has 1 aromatic carbocycles. The van der Waals surface area contributed by atoms with Crippen molar-refractivity contribution in [2.75, 3.05) is 0 Å². The maximum Gasteiger partial charge on any atom is 0.328 e. The van der Waals surface area contributed by atoms with Crippen LogP contribution in [0.15, 0.2) is 36.4 Å². The standard InChI is InChI=1S/C9H8O2.Zn/c10-9(11)7-6-8-4-2-1-3-5-8;/h1-7H,(H,10,11);. The number of aliphatic carboxylic acids is 1. The van der Waals surface area contributed by atoms with Crippen LogP contribution in [0.2, 0.25) is 0 Å². The van der Waals surface area contributed by atoms with Crippen LogP contribution >= 0.6 is 0 Å². The van der Waals surface area contributed by atoms with E-state index in [0.717, 1.165) is 11.6 Å². The summed E-state index contributed by atoms with van der Waals surface area (Å²) in [4.78, 5) is 10.1. The van der Waals surface area contributed by atoms with Gasteiger partial charge < -0.3 is 5.11 Å². The Balaban J connectivity index is 0.00000121. The zero-order valence-corrected chi connectivity index (χ0v) is 9.57. The molecule has 0 saturated carbocycles. The molecule has 0 heterocycles. The second kappa shape index (κ2) is 5.67. The fourth-order valence-corrected chi connectivity index (χ4v) is 0.732. The van der Waals surface area contributed by atoms with Crippen molar-refractivity contribution < 1.29 is 29.4 Å². The van der Waals surface area contributed by atoms with Gasteiger partial charge in [-0.1, -0.05) is 30.3 Å². The van der Waals surface area contributed by atoms with Gasteiger partial charge in [-0.05, 0) is 11.6 Å². The number of carbonyl (C=O) groups is 1. The van der Waals surface area contributed by atoms with Crippen molar-refractivity contribution in [1.82, 2.24) is 0 Å². The summed E-state index contributed by atoms with van der Waals surface area (Å²) in [7, 11) is 0. The molecule has 0 amide bonds. The van der Waals surface area contributed by atoms with Crippen molar-refractivity contribution in [2.24, 2.45) is 0 Å². The molecule has 1 aromatic rings. The minimum atomic E-state index is -0.922. The van der Waals surface area contributed by atoms with Crippen LogP contribution in [0.5, 0.6) is 0 Å². The summed E-state index contributed by atoms with van der Waals surface area (Å²) >= 11 is 0. The van der Waals surface area contributed by atoms with Gasteiger partial charge in [-0.25, -0.2) is 4.79 Å². The molecule has 0 atom stereocenters. The first kappa shape index (κ1) is 11.1. The smallest absolute Gasteiger partial charge is 0.328 e. The van der Waals surface area contributed by atoms with Gasteiger partial charge in [0.15, 0.2) is 0 Å². The van der Waals surface area contributed by atoms with Crippen molar-refractivity contribution in [3.05, 3.63) is 42.0 Å². The molecule has 1 rings (SSSR count). The van der Waals surface area contributed by atoms with E-state index >= 15 is 0 Å². The average Bonchev–Trinajstić information content (AvgIpc) is 2.03. The molecule has 2 nitrogen and oxygen atoms in total. The molecule has 0 fully saturated rings. The zero-order valence-electron chi connectivity index (χ0n) is 6.60. The quantitative estimate of drug-likeness (QED) is 0.601. The molecule has 58 valence electrons. The number of carboxylic acid groups (broad SMARTS) is 1. The maximum atomic E-state index is 10.1. The van der Waals surface area contributed by atoms with Crippen molar-refractivity contribution in [3.8, 4) is 0 Å². The molecule has 0 aliphatic heterocycles. The van der Waals surface area contributed by atoms with E-state index in [1.165, 1.54) is 0 Å². The molecule has 3 heteroatoms. The fraction of sp³-hybridized carbons (Fsp3) is 0. The van der Waals surface area contributed by atoms with Crippen LogP contribution in [0.4, 0.5) is 0 Å². The molecule has 0 radical (unpaired) electrons. The van der Waals surface area contributed by atoms with Crippen LogP contribution in [-0.4, -0.2) is 11.1 Å². The molecule has 12 heavy (non-hydrogen) atoms. The summed E-state index contributed by atoms with van der Waals surface area (Å²) in [5.74, 6) is -0.922. The summed E-state index contributed by atoms with van der Waals surface area (Å²) in [6.45, 7) is 0. The van der Waals surface area contributed by atoms with Gasteiger partial charge in [0.05, 0.1) is 0 Å². The van der Waals surface area contributed by atoms with Gasteiger partial charge in [-0.2, -0.15) is 0 Å². The van der Waals surface area contributed by atoms with Crippen LogP contribution < -0.4 is 0 Å². The van der Waals surface area contributed by atoms with Gasteiger partial charge in [0.25, 0.3) is 0 Å². The van der Waals surface area contributed by atoms with E-state index in [4.69, 9.17) is 5.11 Å². The molecule has 0 spiro atoms. The first-order valence-corrected chi connectivity index (χ1v) is 3.25. The summed E-state index contributed by atoms with van der Waals surface area (Å²) in [5.41, 5.74) is 0.898. The SMILES string of the molecule is O=C(O)C=Cc1ccccc1.[Zn]. The molecular formula is C9H8O2Zn. The Hall–Kier alpha value is -0.947. The summed E-state index contributed by atoms with van der Waals surface area (Å²) < 4.78 is 0. The maximum absolute atomic E-state index is 10.1. The molecule has 0 bridgehead atoms. The molecule has 0 unspecified atom stereocenters. The third kappa shape index (κ3) is 4.04. The largest absolute Gasteiger partial charge is 0.478 e. The molecule has 0 aromatic heterocycles. The van der Waals surface area contributed by atoms with Gasteiger partial charge >= 0.3 is 5.97 Å². The van der Waals surface area contributed by atoms with Gasteiger partial charge in [0.1, 0.15) is 0 Å². The van der Waals surface area contributed by atoms with E-state index in [1.807, 2.05) is 30.3 Å². The Morgan fingerprint density at radius 1 is 1.25 bits per heavy atom. The van der Waals surface area contributed by atoms with E-state index in [9.17, 15) is 4.79 Å². The van der Waals surface area contributed by atoms with Crippen LogP contribution in [0.25, 0.3) is 6.08 Å². The zero-order chi connectivity index (χ0) is 8.10. The predicted octanol–water partition coefficient (Wildman–Crippen LogP) is 1.78. The van der Waals surface area contributed by atoms with Crippen molar-refractivity contribution in [2.45, 2.75) is 0 Å². The fourth-order valence-electron chi connectivity index (χ4n) is 0.732. The van der Waals surface area contributed by atoms with Crippen LogP contribution in [0, 0.1) is 0 Å². The third-order valence-electron chi connectivity index (χ3n) is 1.22. The Morgan fingerprint density at radius 3 is 2.33 bits per heavy atom. The van der Waals surface area contributed by atoms with E-state index in [-0.39, 0.29) is 19.5 Å². The predicted molar refractivity (Wildman–Crippen MR) is 43.1 cm³/mol. The second-order valence-corrected chi connectivity index (χ2v) is 2.08. The third-order valence-corrected chi connectivity index (χ3v) is 1.22. The van der Waals surface area contributed by atoms with Gasteiger partial charge in [0.2, 0.25) is 0 Å². The topological polar surface area (TPSA) is 37.3 Å². The van der Waals surface area contributed by atoms with Gasteiger partial charge in [0, 0.05) is 25.6 Å². The Bertz CT molecular complexity index is 267. The summed E-state index contributed by atoms with van der Waals surface area (Å²) in [6.07, 6.45) is 2.68. The molecule has 0 aliphatic carbocycles. The van der Waals surface area contributed by atoms with E-state index < -0.39 is 5.97 Å². The van der Waals surface area contributed by atoms with Gasteiger partial charge in [-0.15, -0.1) is 0 Å². The van der Waals surface area contributed by atoms with Crippen LogP contribution in [0.1, 0.15) is 5.56 Å². The van der Waals surface area contributed by atoms with Gasteiger partial charge in [-0.3, -0.25) is 0 Å². The van der Waals surface area contributed by atoms with Crippen LogP contribution in [-0.2, 0) is 24.3 Å². The normalized spacial score (nSPS) is 9.33. The van der Waals surface area contributed by atoms with Crippen molar-refractivity contribution in [1.29, 1.82) is 0 Å². The molecule has 1 N–H and O–H groups in total. The van der Waals surface area contributed by atoms with Crippen molar-refractivity contribution in [3.63, 3.8) is 0 Å². The number of rotatable bonds is 2. The Kier molecular flexibility index (Phi) is 5.22.